The van der Waals surface area contributed by atoms with Crippen molar-refractivity contribution in [2.45, 2.75) is 39.8 Å². The van der Waals surface area contributed by atoms with Gasteiger partial charge in [0.1, 0.15) is 0 Å². The van der Waals surface area contributed by atoms with Crippen LogP contribution in [0.2, 0.25) is 0 Å². The number of nitrogens with one attached hydrogen (secondary N) is 2. The van der Waals surface area contributed by atoms with E-state index in [0.29, 0.717) is 18.8 Å². The van der Waals surface area contributed by atoms with Gasteiger partial charge in [0.25, 0.3) is 0 Å². The van der Waals surface area contributed by atoms with Crippen molar-refractivity contribution in [2.75, 3.05) is 6.61 Å². The Balaban J connectivity index is 2.55. The zero-order chi connectivity index (χ0) is 12.2. The van der Waals surface area contributed by atoms with Crippen LogP contribution in [0.4, 0.5) is 0 Å². The summed E-state index contributed by atoms with van der Waals surface area (Å²) in [7, 11) is 0. The van der Waals surface area contributed by atoms with Gasteiger partial charge >= 0.3 is 5.97 Å². The van der Waals surface area contributed by atoms with Crippen LogP contribution < -0.4 is 5.32 Å². The molecule has 0 fully saturated rings. The normalized spacial score (nSPS) is 11.5. The molecular weight excluding hydrogens is 206 g/mol. The highest BCUT2D eigenvalue weighted by molar-refractivity contribution is 5.87. The average molecular weight is 225 g/mol. The van der Waals surface area contributed by atoms with Gasteiger partial charge in [-0.25, -0.2) is 4.79 Å². The third-order valence-electron chi connectivity index (χ3n) is 1.92. The number of hydrogen-bond acceptors (Lipinski definition) is 4. The second kappa shape index (κ2) is 5.12. The van der Waals surface area contributed by atoms with E-state index in [0.717, 1.165) is 5.69 Å². The van der Waals surface area contributed by atoms with Crippen LogP contribution >= 0.6 is 0 Å². The number of aromatic amines is 1. The van der Waals surface area contributed by atoms with Crippen molar-refractivity contribution in [3.8, 4) is 0 Å². The van der Waals surface area contributed by atoms with Crippen LogP contribution in [0.3, 0.4) is 0 Å². The third-order valence-corrected chi connectivity index (χ3v) is 1.92. The standard InChI is InChI=1S/C11H19N3O2/c1-5-16-10(15)9-6-8(13-14-9)7-12-11(2,3)4/h6,12H,5,7H2,1-4H3,(H,13,14). The van der Waals surface area contributed by atoms with Gasteiger partial charge < -0.3 is 10.1 Å². The SMILES string of the molecule is CCOC(=O)c1cc(CNC(C)(C)C)[nH]n1. The third kappa shape index (κ3) is 4.02. The summed E-state index contributed by atoms with van der Waals surface area (Å²) in [6.45, 7) is 9.02. The fourth-order valence-corrected chi connectivity index (χ4v) is 1.12. The predicted molar refractivity (Wildman–Crippen MR) is 61.1 cm³/mol. The molecule has 1 aromatic heterocycles. The second-order valence-electron chi connectivity index (χ2n) is 4.60. The molecule has 2 N–H and O–H groups in total. The van der Waals surface area contributed by atoms with Crippen molar-refractivity contribution in [1.29, 1.82) is 0 Å². The van der Waals surface area contributed by atoms with Gasteiger partial charge in [0.2, 0.25) is 0 Å². The zero-order valence-electron chi connectivity index (χ0n) is 10.3. The molecule has 0 aromatic carbocycles. The van der Waals surface area contributed by atoms with Crippen LogP contribution in [0.25, 0.3) is 0 Å². The molecule has 0 unspecified atom stereocenters. The molecule has 1 heterocycles. The second-order valence-corrected chi connectivity index (χ2v) is 4.60. The first-order valence-electron chi connectivity index (χ1n) is 5.39. The molecule has 0 atom stereocenters. The van der Waals surface area contributed by atoms with E-state index in [9.17, 15) is 4.79 Å². The van der Waals surface area contributed by atoms with Crippen LogP contribution in [0.1, 0.15) is 43.9 Å². The average Bonchev–Trinajstić information content (AvgIpc) is 2.62. The maximum Gasteiger partial charge on any atom is 0.358 e. The molecule has 16 heavy (non-hydrogen) atoms. The van der Waals surface area contributed by atoms with Crippen molar-refractivity contribution >= 4 is 5.97 Å². The minimum absolute atomic E-state index is 0.0369. The highest BCUT2D eigenvalue weighted by Crippen LogP contribution is 2.05. The van der Waals surface area contributed by atoms with Crippen molar-refractivity contribution in [1.82, 2.24) is 15.5 Å². The fourth-order valence-electron chi connectivity index (χ4n) is 1.12. The van der Waals surface area contributed by atoms with Gasteiger partial charge in [-0.05, 0) is 33.8 Å². The Hall–Kier alpha value is -1.36. The number of ether oxygens (including phenoxy) is 1. The highest BCUT2D eigenvalue weighted by atomic mass is 16.5. The Morgan fingerprint density at radius 3 is 2.81 bits per heavy atom. The molecule has 0 aliphatic carbocycles. The lowest BCUT2D eigenvalue weighted by atomic mass is 10.1. The molecule has 0 aliphatic heterocycles. The number of carbonyl (C=O) groups excluding carboxylic acids is 1. The van der Waals surface area contributed by atoms with Gasteiger partial charge in [-0.3, -0.25) is 5.10 Å². The molecule has 0 aliphatic rings. The Morgan fingerprint density at radius 2 is 2.25 bits per heavy atom. The van der Waals surface area contributed by atoms with E-state index in [-0.39, 0.29) is 11.5 Å². The van der Waals surface area contributed by atoms with Gasteiger partial charge in [0.05, 0.1) is 6.61 Å². The summed E-state index contributed by atoms with van der Waals surface area (Å²) in [6, 6.07) is 1.71. The van der Waals surface area contributed by atoms with Gasteiger partial charge in [0.15, 0.2) is 5.69 Å². The summed E-state index contributed by atoms with van der Waals surface area (Å²) in [5, 5.41) is 10.00. The lowest BCUT2D eigenvalue weighted by molar-refractivity contribution is 0.0519. The molecule has 0 bridgehead atoms. The fraction of sp³-hybridized carbons (Fsp3) is 0.636. The predicted octanol–water partition coefficient (Wildman–Crippen LogP) is 1.47. The van der Waals surface area contributed by atoms with Gasteiger partial charge in [-0.1, -0.05) is 0 Å². The van der Waals surface area contributed by atoms with E-state index in [1.165, 1.54) is 0 Å². The number of H-pyrrole nitrogens is 1. The number of rotatable bonds is 4. The first kappa shape index (κ1) is 12.7. The smallest absolute Gasteiger partial charge is 0.358 e. The summed E-state index contributed by atoms with van der Waals surface area (Å²) in [4.78, 5) is 11.3. The highest BCUT2D eigenvalue weighted by Gasteiger charge is 2.13. The summed E-state index contributed by atoms with van der Waals surface area (Å²) >= 11 is 0. The van der Waals surface area contributed by atoms with Crippen LogP contribution in [-0.2, 0) is 11.3 Å². The molecule has 0 amide bonds. The summed E-state index contributed by atoms with van der Waals surface area (Å²) < 4.78 is 4.84. The van der Waals surface area contributed by atoms with Crippen LogP contribution in [0, 0.1) is 0 Å². The van der Waals surface area contributed by atoms with Gasteiger partial charge in [0, 0.05) is 17.8 Å². The van der Waals surface area contributed by atoms with Gasteiger partial charge in [-0.2, -0.15) is 5.10 Å². The van der Waals surface area contributed by atoms with E-state index >= 15 is 0 Å². The van der Waals surface area contributed by atoms with Crippen molar-refractivity contribution in [2.24, 2.45) is 0 Å². The first-order valence-corrected chi connectivity index (χ1v) is 5.39. The van der Waals surface area contributed by atoms with Crippen molar-refractivity contribution in [3.05, 3.63) is 17.5 Å². The summed E-state index contributed by atoms with van der Waals surface area (Å²) in [6.07, 6.45) is 0. The minimum Gasteiger partial charge on any atom is -0.461 e. The zero-order valence-corrected chi connectivity index (χ0v) is 10.3. The quantitative estimate of drug-likeness (QED) is 0.761. The summed E-state index contributed by atoms with van der Waals surface area (Å²) in [5.41, 5.74) is 1.24. The minimum atomic E-state index is -0.388. The van der Waals surface area contributed by atoms with Crippen molar-refractivity contribution in [3.63, 3.8) is 0 Å². The molecule has 1 rings (SSSR count). The van der Waals surface area contributed by atoms with E-state index in [2.05, 4.69) is 36.3 Å². The van der Waals surface area contributed by atoms with Crippen molar-refractivity contribution < 1.29 is 9.53 Å². The first-order chi connectivity index (χ1) is 7.42. The largest absolute Gasteiger partial charge is 0.461 e. The number of hydrogen-bond donors (Lipinski definition) is 2. The lowest BCUT2D eigenvalue weighted by Gasteiger charge is -2.19. The number of aromatic nitrogens is 2. The van der Waals surface area contributed by atoms with E-state index in [4.69, 9.17) is 4.74 Å². The molecule has 1 aromatic rings. The Bertz CT molecular complexity index is 352. The monoisotopic (exact) mass is 225 g/mol. The van der Waals surface area contributed by atoms with E-state index < -0.39 is 0 Å². The lowest BCUT2D eigenvalue weighted by Crippen LogP contribution is -2.35. The van der Waals surface area contributed by atoms with Crippen LogP contribution in [-0.4, -0.2) is 28.3 Å². The van der Waals surface area contributed by atoms with Gasteiger partial charge in [-0.15, -0.1) is 0 Å². The molecule has 0 saturated heterocycles. The number of carbonyl (C=O) groups is 1. The molecular formula is C11H19N3O2. The van der Waals surface area contributed by atoms with E-state index in [1.54, 1.807) is 13.0 Å². The molecule has 5 heteroatoms. The van der Waals surface area contributed by atoms with Crippen LogP contribution in [0.5, 0.6) is 0 Å². The Morgan fingerprint density at radius 1 is 1.56 bits per heavy atom. The maximum absolute atomic E-state index is 11.3. The molecule has 0 saturated carbocycles. The Kier molecular flexibility index (Phi) is 4.06. The molecule has 0 spiro atoms. The number of esters is 1. The summed E-state index contributed by atoms with van der Waals surface area (Å²) in [5.74, 6) is -0.388. The topological polar surface area (TPSA) is 67.0 Å². The maximum atomic E-state index is 11.3. The molecule has 90 valence electrons. The molecule has 5 nitrogen and oxygen atoms in total. The van der Waals surface area contributed by atoms with Crippen LogP contribution in [0.15, 0.2) is 6.07 Å². The van der Waals surface area contributed by atoms with E-state index in [1.807, 2.05) is 0 Å². The molecule has 0 radical (unpaired) electrons. The Labute approximate surface area is 95.6 Å². The number of nitrogens with zero attached hydrogens (tertiary/aromatic N) is 1.